The molecule has 0 saturated heterocycles. The average molecular weight is 977 g/mol. The van der Waals surface area contributed by atoms with Crippen molar-refractivity contribution in [2.24, 2.45) is 0 Å². The predicted molar refractivity (Wildman–Crippen MR) is 329 cm³/mol. The predicted octanol–water partition coefficient (Wildman–Crippen LogP) is 21.5. The summed E-state index contributed by atoms with van der Waals surface area (Å²) in [6.45, 7) is 13.7. The summed E-state index contributed by atoms with van der Waals surface area (Å²) in [5.74, 6) is 0. The van der Waals surface area contributed by atoms with Crippen molar-refractivity contribution in [1.82, 2.24) is 0 Å². The molecular weight excluding hydrogens is 917 g/mol. The number of nitrogens with zero attached hydrogens (tertiary/aromatic N) is 2. The van der Waals surface area contributed by atoms with Crippen molar-refractivity contribution >= 4 is 98.8 Å². The van der Waals surface area contributed by atoms with E-state index in [4.69, 9.17) is 0 Å². The normalized spacial score (nSPS) is 12.1. The lowest BCUT2D eigenvalue weighted by Gasteiger charge is -2.30. The number of fused-ring (bicyclic) bond motifs is 6. The maximum absolute atomic E-state index is 2.47. The first-order chi connectivity index (χ1) is 36.9. The minimum absolute atomic E-state index is 0.0173. The summed E-state index contributed by atoms with van der Waals surface area (Å²) in [7, 11) is 0. The first-order valence-electron chi connectivity index (χ1n) is 26.7. The fourth-order valence-corrected chi connectivity index (χ4v) is 11.7. The van der Waals surface area contributed by atoms with Crippen LogP contribution in [0.4, 0.5) is 34.1 Å². The molecule has 0 fully saturated rings. The SMILES string of the molecule is CC(C)(C)c1ccc(N(c2ccc3c(-c4ccc5ccccc5c4)c4cc(N(c5ccc(C(C)(C)C)cc5)c5cccc6ccccc56)ccc4c(-c4ccc5ccccc5c4)c3c2)c2cccc3ccccc23)cc1. The molecule has 2 nitrogen and oxygen atoms in total. The van der Waals surface area contributed by atoms with Gasteiger partial charge in [0.25, 0.3) is 0 Å². The maximum Gasteiger partial charge on any atom is 0.0540 e. The van der Waals surface area contributed by atoms with Crippen LogP contribution in [0.15, 0.2) is 255 Å². The van der Waals surface area contributed by atoms with Gasteiger partial charge in [-0.25, -0.2) is 0 Å². The quantitative estimate of drug-likeness (QED) is 0.140. The van der Waals surface area contributed by atoms with Crippen LogP contribution >= 0.6 is 0 Å². The van der Waals surface area contributed by atoms with Crippen molar-refractivity contribution in [3.05, 3.63) is 266 Å². The van der Waals surface area contributed by atoms with Gasteiger partial charge in [-0.05, 0) is 171 Å². The summed E-state index contributed by atoms with van der Waals surface area (Å²) < 4.78 is 0. The molecule has 0 radical (unpaired) electrons. The maximum atomic E-state index is 2.47. The molecule has 0 aliphatic carbocycles. The lowest BCUT2D eigenvalue weighted by molar-refractivity contribution is 0.590. The summed E-state index contributed by atoms with van der Waals surface area (Å²) in [5.41, 5.74) is 14.1. The molecule has 0 N–H and O–H groups in total. The zero-order valence-corrected chi connectivity index (χ0v) is 44.1. The average Bonchev–Trinajstić information content (AvgIpc) is 3.57. The molecular formula is C74H60N2. The van der Waals surface area contributed by atoms with Crippen LogP contribution in [0.3, 0.4) is 0 Å². The molecule has 76 heavy (non-hydrogen) atoms. The van der Waals surface area contributed by atoms with Crippen molar-refractivity contribution in [2.45, 2.75) is 52.4 Å². The van der Waals surface area contributed by atoms with Gasteiger partial charge in [0.1, 0.15) is 0 Å². The Morgan fingerprint density at radius 2 is 0.579 bits per heavy atom. The van der Waals surface area contributed by atoms with Crippen LogP contribution in [-0.2, 0) is 10.8 Å². The van der Waals surface area contributed by atoms with Crippen LogP contribution in [0.2, 0.25) is 0 Å². The molecule has 13 aromatic rings. The second-order valence-electron chi connectivity index (χ2n) is 22.6. The van der Waals surface area contributed by atoms with E-state index in [1.54, 1.807) is 0 Å². The van der Waals surface area contributed by atoms with Crippen LogP contribution in [0.25, 0.3) is 86.9 Å². The van der Waals surface area contributed by atoms with Crippen molar-refractivity contribution in [2.75, 3.05) is 9.80 Å². The molecule has 2 heteroatoms. The Morgan fingerprint density at radius 1 is 0.237 bits per heavy atom. The van der Waals surface area contributed by atoms with Gasteiger partial charge in [-0.3, -0.25) is 0 Å². The highest BCUT2D eigenvalue weighted by molar-refractivity contribution is 6.23. The fourth-order valence-electron chi connectivity index (χ4n) is 11.7. The summed E-state index contributed by atoms with van der Waals surface area (Å²) in [6.07, 6.45) is 0. The van der Waals surface area contributed by atoms with Crippen molar-refractivity contribution in [3.8, 4) is 22.3 Å². The molecule has 0 aliphatic rings. The topological polar surface area (TPSA) is 6.48 Å². The van der Waals surface area contributed by atoms with Crippen LogP contribution in [0.5, 0.6) is 0 Å². The minimum atomic E-state index is 0.0173. The van der Waals surface area contributed by atoms with Gasteiger partial charge < -0.3 is 9.80 Å². The molecule has 0 atom stereocenters. The van der Waals surface area contributed by atoms with Gasteiger partial charge in [-0.15, -0.1) is 0 Å². The summed E-state index contributed by atoms with van der Waals surface area (Å²) >= 11 is 0. The smallest absolute Gasteiger partial charge is 0.0540 e. The third kappa shape index (κ3) is 8.32. The standard InChI is InChI=1S/C74H60N2/c1-73(2,3)57-33-37-59(38-34-57)75(69-27-15-23-51-19-11-13-25-63(51)69)61-41-43-65-67(47-61)71(55-31-29-49-17-7-9-21-53(49)45-55)66-44-42-62(48-68(66)72(65)56-32-30-50-18-8-10-22-54(50)46-56)76(60-39-35-58(36-40-60)74(4,5)6)70-28-16-24-52-20-12-14-26-64(52)70/h7-48H,1-6H3. The summed E-state index contributed by atoms with van der Waals surface area (Å²) in [5, 5.41) is 14.5. The molecule has 0 amide bonds. The molecule has 0 aliphatic heterocycles. The monoisotopic (exact) mass is 976 g/mol. The molecule has 0 bridgehead atoms. The molecule has 13 aromatic carbocycles. The summed E-state index contributed by atoms with van der Waals surface area (Å²) in [4.78, 5) is 4.93. The van der Waals surface area contributed by atoms with E-state index >= 15 is 0 Å². The van der Waals surface area contributed by atoms with E-state index in [2.05, 4.69) is 306 Å². The molecule has 0 aromatic heterocycles. The van der Waals surface area contributed by atoms with E-state index in [1.165, 1.54) is 98.0 Å². The van der Waals surface area contributed by atoms with E-state index in [0.29, 0.717) is 0 Å². The number of hydrogen-bond donors (Lipinski definition) is 0. The van der Waals surface area contributed by atoms with Crippen molar-refractivity contribution < 1.29 is 0 Å². The van der Waals surface area contributed by atoms with Gasteiger partial charge in [0.15, 0.2) is 0 Å². The summed E-state index contributed by atoms with van der Waals surface area (Å²) in [6, 6.07) is 95.3. The minimum Gasteiger partial charge on any atom is -0.310 e. The Morgan fingerprint density at radius 3 is 0.974 bits per heavy atom. The van der Waals surface area contributed by atoms with E-state index < -0.39 is 0 Å². The van der Waals surface area contributed by atoms with Crippen molar-refractivity contribution in [1.29, 1.82) is 0 Å². The Bertz CT molecular complexity index is 4070. The highest BCUT2D eigenvalue weighted by Gasteiger charge is 2.25. The van der Waals surface area contributed by atoms with Gasteiger partial charge in [-0.2, -0.15) is 0 Å². The lowest BCUT2D eigenvalue weighted by Crippen LogP contribution is -2.13. The van der Waals surface area contributed by atoms with E-state index in [0.717, 1.165) is 34.1 Å². The van der Waals surface area contributed by atoms with Crippen LogP contribution in [0, 0.1) is 0 Å². The van der Waals surface area contributed by atoms with E-state index in [-0.39, 0.29) is 10.8 Å². The van der Waals surface area contributed by atoms with Gasteiger partial charge in [0.05, 0.1) is 11.4 Å². The third-order valence-electron chi connectivity index (χ3n) is 15.7. The Kier molecular flexibility index (Phi) is 11.4. The Labute approximate surface area is 446 Å². The zero-order chi connectivity index (χ0) is 51.7. The second kappa shape index (κ2) is 18.4. The van der Waals surface area contributed by atoms with Gasteiger partial charge in [0, 0.05) is 33.5 Å². The highest BCUT2D eigenvalue weighted by atomic mass is 15.1. The zero-order valence-electron chi connectivity index (χ0n) is 44.1. The fraction of sp³-hybridized carbons (Fsp3) is 0.108. The lowest BCUT2D eigenvalue weighted by atomic mass is 9.84. The molecule has 0 heterocycles. The molecule has 0 unspecified atom stereocenters. The molecule has 0 saturated carbocycles. The van der Waals surface area contributed by atoms with Crippen LogP contribution < -0.4 is 9.80 Å². The van der Waals surface area contributed by atoms with Gasteiger partial charge in [-0.1, -0.05) is 224 Å². The number of rotatable bonds is 8. The second-order valence-corrected chi connectivity index (χ2v) is 22.6. The number of hydrogen-bond acceptors (Lipinski definition) is 2. The van der Waals surface area contributed by atoms with Crippen molar-refractivity contribution in [3.63, 3.8) is 0 Å². The van der Waals surface area contributed by atoms with Gasteiger partial charge >= 0.3 is 0 Å². The highest BCUT2D eigenvalue weighted by Crippen LogP contribution is 2.50. The molecule has 13 rings (SSSR count). The van der Waals surface area contributed by atoms with E-state index in [9.17, 15) is 0 Å². The first-order valence-corrected chi connectivity index (χ1v) is 26.7. The van der Waals surface area contributed by atoms with Crippen LogP contribution in [-0.4, -0.2) is 0 Å². The Balaban J connectivity index is 1.14. The van der Waals surface area contributed by atoms with Crippen LogP contribution in [0.1, 0.15) is 52.7 Å². The number of benzene rings is 13. The van der Waals surface area contributed by atoms with E-state index in [1.807, 2.05) is 0 Å². The Hall–Kier alpha value is -8.98. The first kappa shape index (κ1) is 46.8. The largest absolute Gasteiger partial charge is 0.310 e. The van der Waals surface area contributed by atoms with Gasteiger partial charge in [0.2, 0.25) is 0 Å². The third-order valence-corrected chi connectivity index (χ3v) is 15.7. The molecule has 366 valence electrons. The molecule has 0 spiro atoms. The number of anilines is 6.